The molecule has 0 bridgehead atoms. The number of aromatic nitrogens is 3. The zero-order valence-corrected chi connectivity index (χ0v) is 9.80. The summed E-state index contributed by atoms with van der Waals surface area (Å²) in [5, 5.41) is 16.8. The number of carboxylic acid groups (broad SMARTS) is 1. The SMILES string of the molecule is CCCc1nncn1-c1ccc(F)cc1C(=O)O. The summed E-state index contributed by atoms with van der Waals surface area (Å²) in [7, 11) is 0. The largest absolute Gasteiger partial charge is 0.478 e. The van der Waals surface area contributed by atoms with Gasteiger partial charge in [-0.15, -0.1) is 10.2 Å². The summed E-state index contributed by atoms with van der Waals surface area (Å²) in [6, 6.07) is 3.63. The van der Waals surface area contributed by atoms with Crippen molar-refractivity contribution in [1.82, 2.24) is 14.8 Å². The Labute approximate surface area is 103 Å². The molecule has 0 aliphatic rings. The van der Waals surface area contributed by atoms with E-state index in [9.17, 15) is 9.18 Å². The molecule has 1 N–H and O–H groups in total. The summed E-state index contributed by atoms with van der Waals surface area (Å²) in [5.41, 5.74) is 0.268. The van der Waals surface area contributed by atoms with E-state index in [-0.39, 0.29) is 5.56 Å². The number of carboxylic acids is 1. The zero-order valence-electron chi connectivity index (χ0n) is 9.80. The average molecular weight is 249 g/mol. The standard InChI is InChI=1S/C12H12FN3O2/c1-2-3-11-15-14-7-16(11)10-5-4-8(13)6-9(10)12(17)18/h4-7H,2-3H2,1H3,(H,17,18). The Morgan fingerprint density at radius 2 is 2.28 bits per heavy atom. The Balaban J connectivity index is 2.56. The second-order valence-electron chi connectivity index (χ2n) is 3.83. The molecule has 0 aliphatic heterocycles. The Morgan fingerprint density at radius 3 is 2.94 bits per heavy atom. The molecule has 0 amide bonds. The monoisotopic (exact) mass is 249 g/mol. The van der Waals surface area contributed by atoms with Crippen molar-refractivity contribution < 1.29 is 14.3 Å². The fourth-order valence-electron chi connectivity index (χ4n) is 1.74. The van der Waals surface area contributed by atoms with Gasteiger partial charge < -0.3 is 5.11 Å². The molecule has 2 rings (SSSR count). The van der Waals surface area contributed by atoms with Gasteiger partial charge in [0, 0.05) is 6.42 Å². The average Bonchev–Trinajstić information content (AvgIpc) is 2.77. The Kier molecular flexibility index (Phi) is 3.36. The molecule has 0 aliphatic carbocycles. The van der Waals surface area contributed by atoms with Crippen molar-refractivity contribution in [3.8, 4) is 5.69 Å². The summed E-state index contributed by atoms with van der Waals surface area (Å²) in [5.74, 6) is -1.10. The van der Waals surface area contributed by atoms with Gasteiger partial charge in [0.05, 0.1) is 11.3 Å². The lowest BCUT2D eigenvalue weighted by molar-refractivity contribution is 0.0696. The minimum absolute atomic E-state index is 0.104. The highest BCUT2D eigenvalue weighted by atomic mass is 19.1. The van der Waals surface area contributed by atoms with E-state index in [2.05, 4.69) is 10.2 Å². The van der Waals surface area contributed by atoms with Crippen LogP contribution in [0.1, 0.15) is 29.5 Å². The molecule has 1 aromatic carbocycles. The number of aryl methyl sites for hydroxylation is 1. The van der Waals surface area contributed by atoms with E-state index in [0.29, 0.717) is 17.9 Å². The van der Waals surface area contributed by atoms with Gasteiger partial charge in [-0.3, -0.25) is 4.57 Å². The Bertz CT molecular complexity index is 580. The maximum absolute atomic E-state index is 13.1. The van der Waals surface area contributed by atoms with Crippen molar-refractivity contribution >= 4 is 5.97 Å². The van der Waals surface area contributed by atoms with Crippen LogP contribution in [0.4, 0.5) is 4.39 Å². The lowest BCUT2D eigenvalue weighted by Crippen LogP contribution is -2.08. The van der Waals surface area contributed by atoms with Crippen LogP contribution < -0.4 is 0 Å². The summed E-state index contributed by atoms with van der Waals surface area (Å²) >= 11 is 0. The normalized spacial score (nSPS) is 10.6. The molecule has 0 unspecified atom stereocenters. The lowest BCUT2D eigenvalue weighted by Gasteiger charge is -2.09. The maximum Gasteiger partial charge on any atom is 0.337 e. The molecule has 0 saturated heterocycles. The first-order valence-electron chi connectivity index (χ1n) is 5.55. The van der Waals surface area contributed by atoms with Gasteiger partial charge in [-0.1, -0.05) is 6.92 Å². The van der Waals surface area contributed by atoms with Crippen molar-refractivity contribution in [2.45, 2.75) is 19.8 Å². The second-order valence-corrected chi connectivity index (χ2v) is 3.83. The van der Waals surface area contributed by atoms with Gasteiger partial charge in [-0.2, -0.15) is 0 Å². The highest BCUT2D eigenvalue weighted by Crippen LogP contribution is 2.18. The molecule has 0 radical (unpaired) electrons. The van der Waals surface area contributed by atoms with Crippen LogP contribution >= 0.6 is 0 Å². The first-order valence-corrected chi connectivity index (χ1v) is 5.55. The third-order valence-electron chi connectivity index (χ3n) is 2.54. The number of hydrogen-bond acceptors (Lipinski definition) is 3. The summed E-state index contributed by atoms with van der Waals surface area (Å²) in [6.45, 7) is 1.99. The van der Waals surface area contributed by atoms with E-state index >= 15 is 0 Å². The van der Waals surface area contributed by atoms with Crippen LogP contribution in [0, 0.1) is 5.82 Å². The first kappa shape index (κ1) is 12.2. The predicted octanol–water partition coefficient (Wildman–Crippen LogP) is 2.06. The third kappa shape index (κ3) is 2.22. The van der Waals surface area contributed by atoms with E-state index in [1.165, 1.54) is 18.5 Å². The number of rotatable bonds is 4. The van der Waals surface area contributed by atoms with Gasteiger partial charge in [0.2, 0.25) is 0 Å². The van der Waals surface area contributed by atoms with Gasteiger partial charge in [0.25, 0.3) is 0 Å². The molecule has 1 aromatic heterocycles. The third-order valence-corrected chi connectivity index (χ3v) is 2.54. The van der Waals surface area contributed by atoms with Crippen molar-refractivity contribution in [3.63, 3.8) is 0 Å². The topological polar surface area (TPSA) is 68.0 Å². The molecule has 0 fully saturated rings. The number of benzene rings is 1. The molecule has 1 heterocycles. The summed E-state index contributed by atoms with van der Waals surface area (Å²) in [4.78, 5) is 11.1. The molecular formula is C12H12FN3O2. The van der Waals surface area contributed by atoms with Crippen LogP contribution in [0.2, 0.25) is 0 Å². The van der Waals surface area contributed by atoms with Gasteiger partial charge in [-0.05, 0) is 24.6 Å². The summed E-state index contributed by atoms with van der Waals surface area (Å²) < 4.78 is 14.7. The van der Waals surface area contributed by atoms with Crippen LogP contribution in [0.25, 0.3) is 5.69 Å². The van der Waals surface area contributed by atoms with Crippen molar-refractivity contribution in [2.24, 2.45) is 0 Å². The van der Waals surface area contributed by atoms with Crippen molar-refractivity contribution in [3.05, 3.63) is 41.7 Å². The lowest BCUT2D eigenvalue weighted by atomic mass is 10.1. The van der Waals surface area contributed by atoms with E-state index in [4.69, 9.17) is 5.11 Å². The number of halogens is 1. The van der Waals surface area contributed by atoms with Gasteiger partial charge in [0.1, 0.15) is 18.0 Å². The highest BCUT2D eigenvalue weighted by Gasteiger charge is 2.15. The Hall–Kier alpha value is -2.24. The number of nitrogens with zero attached hydrogens (tertiary/aromatic N) is 3. The van der Waals surface area contributed by atoms with Crippen LogP contribution in [0.5, 0.6) is 0 Å². The van der Waals surface area contributed by atoms with Gasteiger partial charge >= 0.3 is 5.97 Å². The molecule has 6 heteroatoms. The van der Waals surface area contributed by atoms with E-state index in [1.54, 1.807) is 4.57 Å². The summed E-state index contributed by atoms with van der Waals surface area (Å²) in [6.07, 6.45) is 2.98. The molecular weight excluding hydrogens is 237 g/mol. The first-order chi connectivity index (χ1) is 8.63. The van der Waals surface area contributed by atoms with Crippen molar-refractivity contribution in [1.29, 1.82) is 0 Å². The van der Waals surface area contributed by atoms with Gasteiger partial charge in [0.15, 0.2) is 0 Å². The minimum atomic E-state index is -1.18. The van der Waals surface area contributed by atoms with Gasteiger partial charge in [-0.25, -0.2) is 9.18 Å². The van der Waals surface area contributed by atoms with Crippen LogP contribution in [-0.4, -0.2) is 25.8 Å². The van der Waals surface area contributed by atoms with Crippen LogP contribution in [-0.2, 0) is 6.42 Å². The molecule has 2 aromatic rings. The van der Waals surface area contributed by atoms with Crippen LogP contribution in [0.15, 0.2) is 24.5 Å². The molecule has 0 spiro atoms. The van der Waals surface area contributed by atoms with Crippen molar-refractivity contribution in [2.75, 3.05) is 0 Å². The zero-order chi connectivity index (χ0) is 13.1. The van der Waals surface area contributed by atoms with E-state index in [0.717, 1.165) is 12.5 Å². The smallest absolute Gasteiger partial charge is 0.337 e. The highest BCUT2D eigenvalue weighted by molar-refractivity contribution is 5.92. The quantitative estimate of drug-likeness (QED) is 0.900. The van der Waals surface area contributed by atoms with Crippen LogP contribution in [0.3, 0.4) is 0 Å². The fourth-order valence-corrected chi connectivity index (χ4v) is 1.74. The number of carbonyl (C=O) groups is 1. The molecule has 18 heavy (non-hydrogen) atoms. The molecule has 5 nitrogen and oxygen atoms in total. The molecule has 94 valence electrons. The Morgan fingerprint density at radius 1 is 1.50 bits per heavy atom. The number of hydrogen-bond donors (Lipinski definition) is 1. The molecule has 0 saturated carbocycles. The fraction of sp³-hybridized carbons (Fsp3) is 0.250. The number of aromatic carboxylic acids is 1. The minimum Gasteiger partial charge on any atom is -0.478 e. The maximum atomic E-state index is 13.1. The molecule has 0 atom stereocenters. The van der Waals surface area contributed by atoms with E-state index < -0.39 is 11.8 Å². The van der Waals surface area contributed by atoms with E-state index in [1.807, 2.05) is 6.92 Å². The second kappa shape index (κ2) is 4.95. The predicted molar refractivity (Wildman–Crippen MR) is 62.3 cm³/mol.